The van der Waals surface area contributed by atoms with E-state index in [4.69, 9.17) is 16.3 Å². The Labute approximate surface area is 245 Å². The standard InChI is InChI=1S/C26H30ClF4N7O.CH2F2/c1-32-7-3-4-19(17-28)18-36-8-10-37(11-9-36)24-33-23(34-25(35-24)38-12-14-39-15-13-38)20-5-2-6-22(27)21(16-20)26(29,30)31;2-1-3/h3-7,16H,1-2,8-15,17-18H2;1H2/b7-3-,19-4-;. The van der Waals surface area contributed by atoms with E-state index in [-0.39, 0.29) is 22.9 Å². The number of hydrogen-bond donors (Lipinski definition) is 0. The Hall–Kier alpha value is -3.23. The molecule has 8 nitrogen and oxygen atoms in total. The largest absolute Gasteiger partial charge is 0.417 e. The van der Waals surface area contributed by atoms with Gasteiger partial charge in [0.05, 0.1) is 18.8 Å². The first-order chi connectivity index (χ1) is 20.2. The van der Waals surface area contributed by atoms with E-state index in [1.165, 1.54) is 12.3 Å². The molecule has 42 heavy (non-hydrogen) atoms. The van der Waals surface area contributed by atoms with Gasteiger partial charge in [-0.05, 0) is 30.9 Å². The minimum atomic E-state index is -4.62. The van der Waals surface area contributed by atoms with Crippen LogP contribution in [-0.2, 0) is 4.74 Å². The number of allylic oxidation sites excluding steroid dienone is 8. The molecule has 0 N–H and O–H groups in total. The highest BCUT2D eigenvalue weighted by atomic mass is 35.5. The molecule has 0 radical (unpaired) electrons. The number of hydrogen-bond acceptors (Lipinski definition) is 8. The first-order valence-electron chi connectivity index (χ1n) is 13.1. The predicted octanol–water partition coefficient (Wildman–Crippen LogP) is 5.22. The fourth-order valence-corrected chi connectivity index (χ4v) is 4.61. The van der Waals surface area contributed by atoms with Gasteiger partial charge in [0.1, 0.15) is 6.67 Å². The molecule has 15 heteroatoms. The van der Waals surface area contributed by atoms with Crippen molar-refractivity contribution in [2.45, 2.75) is 12.6 Å². The molecule has 0 aromatic carbocycles. The minimum Gasteiger partial charge on any atom is -0.378 e. The summed E-state index contributed by atoms with van der Waals surface area (Å²) in [7, 11) is 0. The average molecular weight is 620 g/mol. The van der Waals surface area contributed by atoms with Crippen LogP contribution in [0.4, 0.5) is 38.2 Å². The molecule has 4 rings (SSSR count). The molecule has 1 aromatic rings. The predicted molar refractivity (Wildman–Crippen MR) is 152 cm³/mol. The van der Waals surface area contributed by atoms with E-state index in [1.54, 1.807) is 18.2 Å². The van der Waals surface area contributed by atoms with E-state index in [0.717, 1.165) is 6.08 Å². The molecule has 0 unspecified atom stereocenters. The van der Waals surface area contributed by atoms with Crippen LogP contribution in [0, 0.1) is 0 Å². The lowest BCUT2D eigenvalue weighted by molar-refractivity contribution is -0.0885. The number of rotatable bonds is 8. The minimum absolute atomic E-state index is 0.149. The third kappa shape index (κ3) is 9.66. The second-order valence-electron chi connectivity index (χ2n) is 9.21. The number of aliphatic imine (C=N–C) groups is 1. The van der Waals surface area contributed by atoms with Gasteiger partial charge in [-0.25, -0.2) is 13.2 Å². The molecule has 0 spiro atoms. The number of halogens is 7. The molecule has 0 amide bonds. The summed E-state index contributed by atoms with van der Waals surface area (Å²) in [6, 6.07) is 0. The molecule has 1 aliphatic carbocycles. The van der Waals surface area contributed by atoms with Crippen molar-refractivity contribution >= 4 is 35.8 Å². The smallest absolute Gasteiger partial charge is 0.378 e. The van der Waals surface area contributed by atoms with Gasteiger partial charge in [-0.3, -0.25) is 9.89 Å². The van der Waals surface area contributed by atoms with Crippen molar-refractivity contribution in [1.82, 2.24) is 19.9 Å². The molecule has 2 fully saturated rings. The number of piperazine rings is 1. The summed E-state index contributed by atoms with van der Waals surface area (Å²) in [5.41, 5.74) is -0.0853. The third-order valence-corrected chi connectivity index (χ3v) is 6.80. The summed E-state index contributed by atoms with van der Waals surface area (Å²) in [5.74, 6) is 0.918. The molecule has 2 aliphatic heterocycles. The number of alkyl halides is 6. The SMILES string of the molecule is C=N/C=C\C=C(\CF)CN1CCN(c2nc(C3=CCC=C(Cl)C(C(F)(F)F)=C3)nc(N3CCOCC3)n2)CC1.FCF. The first kappa shape index (κ1) is 33.3. The van der Waals surface area contributed by atoms with Crippen molar-refractivity contribution in [3.05, 3.63) is 58.6 Å². The number of nitrogens with zero attached hydrogens (tertiary/aromatic N) is 7. The molecule has 3 aliphatic rings. The molecule has 0 saturated carbocycles. The topological polar surface area (TPSA) is 70.0 Å². The zero-order chi connectivity index (χ0) is 30.5. The Bertz CT molecular complexity index is 1200. The highest BCUT2D eigenvalue weighted by molar-refractivity contribution is 6.32. The fraction of sp³-hybridized carbons (Fsp3) is 0.481. The van der Waals surface area contributed by atoms with Gasteiger partial charge in [0.15, 0.2) is 5.82 Å². The molecule has 3 heterocycles. The highest BCUT2D eigenvalue weighted by Crippen LogP contribution is 2.37. The maximum Gasteiger partial charge on any atom is 0.417 e. The summed E-state index contributed by atoms with van der Waals surface area (Å²) >= 11 is 5.94. The summed E-state index contributed by atoms with van der Waals surface area (Å²) in [6.07, 6.45) is 4.37. The normalized spacial score (nSPS) is 19.0. The summed E-state index contributed by atoms with van der Waals surface area (Å²) < 4.78 is 79.2. The van der Waals surface area contributed by atoms with Crippen LogP contribution in [-0.4, -0.2) is 105 Å². The molecule has 0 atom stereocenters. The molecule has 2 saturated heterocycles. The maximum absolute atomic E-state index is 13.7. The fourth-order valence-electron chi connectivity index (χ4n) is 4.36. The summed E-state index contributed by atoms with van der Waals surface area (Å²) in [5, 5.41) is -0.356. The molecule has 0 bridgehead atoms. The van der Waals surface area contributed by atoms with Gasteiger partial charge in [0, 0.05) is 62.6 Å². The highest BCUT2D eigenvalue weighted by Gasteiger charge is 2.36. The van der Waals surface area contributed by atoms with Crippen molar-refractivity contribution in [2.24, 2.45) is 4.99 Å². The van der Waals surface area contributed by atoms with Gasteiger partial charge in [-0.15, -0.1) is 0 Å². The van der Waals surface area contributed by atoms with E-state index in [0.29, 0.717) is 76.5 Å². The van der Waals surface area contributed by atoms with Crippen LogP contribution in [0.1, 0.15) is 12.2 Å². The Balaban J connectivity index is 0.00000155. The lowest BCUT2D eigenvalue weighted by Crippen LogP contribution is -2.48. The van der Waals surface area contributed by atoms with Crippen LogP contribution in [0.3, 0.4) is 0 Å². The summed E-state index contributed by atoms with van der Waals surface area (Å²) in [4.78, 5) is 23.5. The second-order valence-corrected chi connectivity index (χ2v) is 9.62. The number of anilines is 2. The van der Waals surface area contributed by atoms with Crippen molar-refractivity contribution in [2.75, 3.05) is 82.4 Å². The van der Waals surface area contributed by atoms with E-state index < -0.39 is 25.4 Å². The Morgan fingerprint density at radius 1 is 0.976 bits per heavy atom. The number of ether oxygens (including phenoxy) is 1. The van der Waals surface area contributed by atoms with Crippen molar-refractivity contribution < 1.29 is 31.1 Å². The molecular formula is C27H32ClF6N7O. The lowest BCUT2D eigenvalue weighted by Gasteiger charge is -2.35. The van der Waals surface area contributed by atoms with Crippen LogP contribution >= 0.6 is 11.6 Å². The van der Waals surface area contributed by atoms with Crippen molar-refractivity contribution in [3.8, 4) is 0 Å². The number of aromatic nitrogens is 3. The third-order valence-electron chi connectivity index (χ3n) is 6.44. The monoisotopic (exact) mass is 619 g/mol. The van der Waals surface area contributed by atoms with Crippen molar-refractivity contribution in [3.63, 3.8) is 0 Å². The Morgan fingerprint density at radius 3 is 2.17 bits per heavy atom. The zero-order valence-corrected chi connectivity index (χ0v) is 23.6. The van der Waals surface area contributed by atoms with Gasteiger partial charge in [-0.1, -0.05) is 29.8 Å². The Morgan fingerprint density at radius 2 is 1.60 bits per heavy atom. The first-order valence-corrected chi connectivity index (χ1v) is 13.5. The maximum atomic E-state index is 13.7. The van der Waals surface area contributed by atoms with E-state index in [9.17, 15) is 26.3 Å². The van der Waals surface area contributed by atoms with Crippen molar-refractivity contribution in [1.29, 1.82) is 0 Å². The number of morpholine rings is 1. The van der Waals surface area contributed by atoms with Crippen LogP contribution in [0.2, 0.25) is 0 Å². The van der Waals surface area contributed by atoms with E-state index >= 15 is 0 Å². The second kappa shape index (κ2) is 16.4. The van der Waals surface area contributed by atoms with Gasteiger partial charge >= 0.3 is 6.18 Å². The van der Waals surface area contributed by atoms with Crippen LogP contribution in [0.25, 0.3) is 5.57 Å². The van der Waals surface area contributed by atoms with Gasteiger partial charge < -0.3 is 14.5 Å². The average Bonchev–Trinajstić information content (AvgIpc) is 3.19. The molecule has 230 valence electrons. The van der Waals surface area contributed by atoms with Crippen LogP contribution in [0.15, 0.2) is 57.8 Å². The van der Waals surface area contributed by atoms with E-state index in [2.05, 4.69) is 31.6 Å². The molecule has 1 aromatic heterocycles. The summed E-state index contributed by atoms with van der Waals surface area (Å²) in [6.45, 7) is 6.02. The van der Waals surface area contributed by atoms with E-state index in [1.807, 2.05) is 9.80 Å². The van der Waals surface area contributed by atoms with Gasteiger partial charge in [0.25, 0.3) is 0 Å². The molecular weight excluding hydrogens is 588 g/mol. The lowest BCUT2D eigenvalue weighted by atomic mass is 10.1. The van der Waals surface area contributed by atoms with Crippen LogP contribution in [0.5, 0.6) is 0 Å². The quantitative estimate of drug-likeness (QED) is 0.225. The Kier molecular flexibility index (Phi) is 13.0. The zero-order valence-electron chi connectivity index (χ0n) is 22.8. The van der Waals surface area contributed by atoms with Gasteiger partial charge in [-0.2, -0.15) is 28.1 Å². The van der Waals surface area contributed by atoms with Gasteiger partial charge in [0.2, 0.25) is 18.8 Å². The van der Waals surface area contributed by atoms with Crippen LogP contribution < -0.4 is 9.80 Å².